The molecule has 4 heteroatoms. The van der Waals surface area contributed by atoms with Gasteiger partial charge in [0.15, 0.2) is 0 Å². The number of hydrogen-bond acceptors (Lipinski definition) is 1. The summed E-state index contributed by atoms with van der Waals surface area (Å²) in [6.07, 6.45) is 0. The zero-order chi connectivity index (χ0) is 13.8. The highest BCUT2D eigenvalue weighted by molar-refractivity contribution is 9.10. The lowest BCUT2D eigenvalue weighted by Gasteiger charge is -2.15. The van der Waals surface area contributed by atoms with E-state index in [1.54, 1.807) is 0 Å². The molecule has 0 fully saturated rings. The Bertz CT molecular complexity index is 534. The lowest BCUT2D eigenvalue weighted by molar-refractivity contribution is 0.575. The monoisotopic (exact) mass is 357 g/mol. The molecule has 0 radical (unpaired) electrons. The minimum absolute atomic E-state index is 0.237. The van der Waals surface area contributed by atoms with Crippen LogP contribution in [0.3, 0.4) is 0 Å². The summed E-state index contributed by atoms with van der Waals surface area (Å²) < 4.78 is 1.08. The van der Waals surface area contributed by atoms with Gasteiger partial charge in [0.2, 0.25) is 0 Å². The molecule has 0 saturated carbocycles. The number of nitrogens with one attached hydrogen (secondary N) is 1. The van der Waals surface area contributed by atoms with Gasteiger partial charge in [0.25, 0.3) is 0 Å². The Morgan fingerprint density at radius 1 is 1.05 bits per heavy atom. The van der Waals surface area contributed by atoms with E-state index < -0.39 is 0 Å². The molecule has 0 aliphatic heterocycles. The third-order valence-electron chi connectivity index (χ3n) is 3.02. The summed E-state index contributed by atoms with van der Waals surface area (Å²) in [5.41, 5.74) is 2.17. The Morgan fingerprint density at radius 2 is 1.63 bits per heavy atom. The summed E-state index contributed by atoms with van der Waals surface area (Å²) in [5.74, 6) is 0. The van der Waals surface area contributed by atoms with Gasteiger partial charge in [0.1, 0.15) is 0 Å². The number of rotatable bonds is 4. The lowest BCUT2D eigenvalue weighted by Crippen LogP contribution is -2.18. The highest BCUT2D eigenvalue weighted by atomic mass is 79.9. The van der Waals surface area contributed by atoms with Crippen LogP contribution in [0.1, 0.15) is 24.1 Å². The van der Waals surface area contributed by atoms with Crippen LogP contribution in [0.2, 0.25) is 10.0 Å². The first kappa shape index (κ1) is 14.9. The van der Waals surface area contributed by atoms with Crippen molar-refractivity contribution in [3.63, 3.8) is 0 Å². The van der Waals surface area contributed by atoms with Crippen LogP contribution < -0.4 is 5.32 Å². The van der Waals surface area contributed by atoms with Crippen LogP contribution in [0.5, 0.6) is 0 Å². The average molecular weight is 359 g/mol. The van der Waals surface area contributed by atoms with Gasteiger partial charge in [-0.1, -0.05) is 57.3 Å². The second-order valence-electron chi connectivity index (χ2n) is 4.35. The summed E-state index contributed by atoms with van der Waals surface area (Å²) in [7, 11) is 0. The summed E-state index contributed by atoms with van der Waals surface area (Å²) in [4.78, 5) is 0. The van der Waals surface area contributed by atoms with E-state index in [1.165, 1.54) is 5.56 Å². The first-order valence-electron chi connectivity index (χ1n) is 5.99. The van der Waals surface area contributed by atoms with Crippen molar-refractivity contribution in [3.8, 4) is 0 Å². The van der Waals surface area contributed by atoms with Gasteiger partial charge in [0, 0.05) is 32.7 Å². The van der Waals surface area contributed by atoms with Gasteiger partial charge < -0.3 is 5.32 Å². The maximum Gasteiger partial charge on any atom is 0.0465 e. The van der Waals surface area contributed by atoms with E-state index in [9.17, 15) is 0 Å². The topological polar surface area (TPSA) is 12.0 Å². The minimum Gasteiger partial charge on any atom is -0.306 e. The number of benzene rings is 2. The Balaban J connectivity index is 2.04. The SMILES string of the molecule is C[C@@H](NCc1c(Cl)cccc1Cl)c1ccc(Br)cc1. The van der Waals surface area contributed by atoms with Crippen LogP contribution in [0.25, 0.3) is 0 Å². The van der Waals surface area contributed by atoms with Crippen LogP contribution in [0.4, 0.5) is 0 Å². The normalized spacial score (nSPS) is 12.4. The van der Waals surface area contributed by atoms with Gasteiger partial charge in [-0.05, 0) is 36.8 Å². The van der Waals surface area contributed by atoms with Gasteiger partial charge in [-0.25, -0.2) is 0 Å². The Kier molecular flexibility index (Phi) is 5.28. The fourth-order valence-corrected chi connectivity index (χ4v) is 2.62. The van der Waals surface area contributed by atoms with Gasteiger partial charge in [-0.2, -0.15) is 0 Å². The van der Waals surface area contributed by atoms with E-state index in [0.29, 0.717) is 16.6 Å². The fraction of sp³-hybridized carbons (Fsp3) is 0.200. The second-order valence-corrected chi connectivity index (χ2v) is 6.08. The van der Waals surface area contributed by atoms with Crippen molar-refractivity contribution >= 4 is 39.1 Å². The molecule has 19 heavy (non-hydrogen) atoms. The molecule has 0 aliphatic carbocycles. The van der Waals surface area contributed by atoms with E-state index in [2.05, 4.69) is 40.3 Å². The zero-order valence-electron chi connectivity index (χ0n) is 10.5. The van der Waals surface area contributed by atoms with Crippen molar-refractivity contribution in [2.45, 2.75) is 19.5 Å². The van der Waals surface area contributed by atoms with Crippen molar-refractivity contribution in [2.75, 3.05) is 0 Å². The third-order valence-corrected chi connectivity index (χ3v) is 4.25. The van der Waals surface area contributed by atoms with Crippen LogP contribution in [0.15, 0.2) is 46.9 Å². The fourth-order valence-electron chi connectivity index (χ4n) is 1.83. The number of hydrogen-bond donors (Lipinski definition) is 1. The summed E-state index contributed by atoms with van der Waals surface area (Å²) in [5, 5.41) is 4.83. The second kappa shape index (κ2) is 6.76. The first-order valence-corrected chi connectivity index (χ1v) is 7.54. The van der Waals surface area contributed by atoms with E-state index >= 15 is 0 Å². The molecular formula is C15H14BrCl2N. The maximum absolute atomic E-state index is 6.15. The predicted octanol–water partition coefficient (Wildman–Crippen LogP) is 5.61. The molecule has 0 aliphatic rings. The van der Waals surface area contributed by atoms with Gasteiger partial charge in [-0.3, -0.25) is 0 Å². The Labute approximate surface area is 132 Å². The molecule has 2 rings (SSSR count). The summed E-state index contributed by atoms with van der Waals surface area (Å²) in [6, 6.07) is 14.1. The molecular weight excluding hydrogens is 345 g/mol. The molecule has 0 saturated heterocycles. The van der Waals surface area contributed by atoms with Crippen LogP contribution in [-0.4, -0.2) is 0 Å². The molecule has 0 amide bonds. The minimum atomic E-state index is 0.237. The maximum atomic E-state index is 6.15. The molecule has 1 nitrogen and oxygen atoms in total. The van der Waals surface area contributed by atoms with Crippen molar-refractivity contribution < 1.29 is 0 Å². The molecule has 0 unspecified atom stereocenters. The molecule has 0 spiro atoms. The Hall–Kier alpha value is -0.540. The van der Waals surface area contributed by atoms with Crippen molar-refractivity contribution in [1.82, 2.24) is 5.32 Å². The van der Waals surface area contributed by atoms with E-state index in [-0.39, 0.29) is 6.04 Å². The van der Waals surface area contributed by atoms with Crippen molar-refractivity contribution in [1.29, 1.82) is 0 Å². The van der Waals surface area contributed by atoms with Gasteiger partial charge in [0.05, 0.1) is 0 Å². The molecule has 0 bridgehead atoms. The molecule has 2 aromatic rings. The van der Waals surface area contributed by atoms with Gasteiger partial charge >= 0.3 is 0 Å². The molecule has 0 aromatic heterocycles. The molecule has 100 valence electrons. The Morgan fingerprint density at radius 3 is 2.21 bits per heavy atom. The first-order chi connectivity index (χ1) is 9.08. The lowest BCUT2D eigenvalue weighted by atomic mass is 10.1. The van der Waals surface area contributed by atoms with Crippen LogP contribution >= 0.6 is 39.1 Å². The zero-order valence-corrected chi connectivity index (χ0v) is 13.6. The smallest absolute Gasteiger partial charge is 0.0465 e. The molecule has 0 heterocycles. The van der Waals surface area contributed by atoms with Crippen molar-refractivity contribution in [2.24, 2.45) is 0 Å². The summed E-state index contributed by atoms with van der Waals surface area (Å²) >= 11 is 15.7. The molecule has 1 atom stereocenters. The predicted molar refractivity (Wildman–Crippen MR) is 85.9 cm³/mol. The van der Waals surface area contributed by atoms with E-state index in [4.69, 9.17) is 23.2 Å². The van der Waals surface area contributed by atoms with Gasteiger partial charge in [-0.15, -0.1) is 0 Å². The van der Waals surface area contributed by atoms with E-state index in [0.717, 1.165) is 10.0 Å². The molecule has 2 aromatic carbocycles. The highest BCUT2D eigenvalue weighted by Crippen LogP contribution is 2.25. The largest absolute Gasteiger partial charge is 0.306 e. The van der Waals surface area contributed by atoms with Crippen molar-refractivity contribution in [3.05, 3.63) is 68.1 Å². The quantitative estimate of drug-likeness (QED) is 0.749. The average Bonchev–Trinajstić information content (AvgIpc) is 2.38. The molecule has 1 N–H and O–H groups in total. The number of halogens is 3. The third kappa shape index (κ3) is 3.96. The standard InChI is InChI=1S/C15H14BrCl2N/c1-10(11-5-7-12(16)8-6-11)19-9-13-14(17)3-2-4-15(13)18/h2-8,10,19H,9H2,1H3/t10-/m1/s1. The van der Waals surface area contributed by atoms with Crippen LogP contribution in [-0.2, 0) is 6.54 Å². The van der Waals surface area contributed by atoms with Crippen LogP contribution in [0, 0.1) is 0 Å². The summed E-state index contributed by atoms with van der Waals surface area (Å²) in [6.45, 7) is 2.77. The highest BCUT2D eigenvalue weighted by Gasteiger charge is 2.08. The van der Waals surface area contributed by atoms with E-state index in [1.807, 2.05) is 30.3 Å².